The van der Waals surface area contributed by atoms with E-state index in [0.29, 0.717) is 22.6 Å². The molecule has 8 nitrogen and oxygen atoms in total. The predicted octanol–water partition coefficient (Wildman–Crippen LogP) is 3.32. The molecule has 0 aliphatic carbocycles. The number of hydrogen-bond donors (Lipinski definition) is 0. The number of carbonyl (C=O) groups excluding carboxylic acids is 2. The summed E-state index contributed by atoms with van der Waals surface area (Å²) in [7, 11) is 0. The van der Waals surface area contributed by atoms with E-state index in [1.807, 2.05) is 0 Å². The first kappa shape index (κ1) is 18.8. The van der Waals surface area contributed by atoms with E-state index in [2.05, 4.69) is 6.58 Å². The SMILES string of the molecule is C=CCOC(=O)COc1ccc2c(c1)O/C(=C\c1ccc([N+](=O)[O-])cc1)C2=O. The zero-order valence-electron chi connectivity index (χ0n) is 14.6. The summed E-state index contributed by atoms with van der Waals surface area (Å²) in [5, 5.41) is 10.7. The Morgan fingerprint density at radius 2 is 1.96 bits per heavy atom. The van der Waals surface area contributed by atoms with Gasteiger partial charge in [-0.3, -0.25) is 14.9 Å². The summed E-state index contributed by atoms with van der Waals surface area (Å²) in [6.45, 7) is 3.26. The third-order valence-electron chi connectivity index (χ3n) is 3.76. The number of nitro benzene ring substituents is 1. The number of hydrogen-bond acceptors (Lipinski definition) is 7. The number of ether oxygens (including phenoxy) is 3. The molecule has 28 heavy (non-hydrogen) atoms. The highest BCUT2D eigenvalue weighted by Gasteiger charge is 2.27. The molecule has 3 rings (SSSR count). The van der Waals surface area contributed by atoms with E-state index in [1.54, 1.807) is 12.1 Å². The molecular formula is C20H15NO7. The molecule has 0 fully saturated rings. The lowest BCUT2D eigenvalue weighted by Gasteiger charge is -2.06. The molecule has 1 aliphatic rings. The normalized spacial score (nSPS) is 13.6. The van der Waals surface area contributed by atoms with Crippen molar-refractivity contribution in [3.05, 3.63) is 82.1 Å². The lowest BCUT2D eigenvalue weighted by Crippen LogP contribution is -2.14. The number of rotatable bonds is 7. The number of fused-ring (bicyclic) bond motifs is 1. The Balaban J connectivity index is 1.71. The maximum Gasteiger partial charge on any atom is 0.344 e. The molecule has 0 saturated carbocycles. The van der Waals surface area contributed by atoms with E-state index in [9.17, 15) is 19.7 Å². The van der Waals surface area contributed by atoms with E-state index in [-0.39, 0.29) is 30.4 Å². The maximum absolute atomic E-state index is 12.4. The minimum absolute atomic E-state index is 0.0440. The van der Waals surface area contributed by atoms with Crippen LogP contribution in [0.15, 0.2) is 60.9 Å². The Morgan fingerprint density at radius 1 is 1.21 bits per heavy atom. The summed E-state index contributed by atoms with van der Waals surface area (Å²) < 4.78 is 15.7. The van der Waals surface area contributed by atoms with Gasteiger partial charge in [-0.1, -0.05) is 12.7 Å². The first-order valence-electron chi connectivity index (χ1n) is 8.20. The molecule has 142 valence electrons. The Hall–Kier alpha value is -3.94. The average molecular weight is 381 g/mol. The number of Topliss-reactive ketones (excluding diaryl/α,β-unsaturated/α-hetero) is 1. The lowest BCUT2D eigenvalue weighted by atomic mass is 10.1. The smallest absolute Gasteiger partial charge is 0.344 e. The zero-order chi connectivity index (χ0) is 20.1. The van der Waals surface area contributed by atoms with Gasteiger partial charge in [-0.15, -0.1) is 0 Å². The van der Waals surface area contributed by atoms with E-state index >= 15 is 0 Å². The van der Waals surface area contributed by atoms with Crippen LogP contribution in [-0.2, 0) is 9.53 Å². The third kappa shape index (κ3) is 4.24. The number of benzene rings is 2. The number of non-ortho nitro benzene ring substituents is 1. The predicted molar refractivity (Wildman–Crippen MR) is 99.1 cm³/mol. The summed E-state index contributed by atoms with van der Waals surface area (Å²) in [5.74, 6) is -0.123. The fourth-order valence-corrected chi connectivity index (χ4v) is 2.44. The molecule has 0 N–H and O–H groups in total. The second-order valence-electron chi connectivity index (χ2n) is 5.71. The monoisotopic (exact) mass is 381 g/mol. The highest BCUT2D eigenvalue weighted by molar-refractivity contribution is 6.14. The summed E-state index contributed by atoms with van der Waals surface area (Å²) in [5.41, 5.74) is 0.899. The molecule has 0 aromatic heterocycles. The standard InChI is InChI=1S/C20H15NO7/c1-2-9-26-19(22)12-27-15-7-8-16-17(11-15)28-18(20(16)23)10-13-3-5-14(6-4-13)21(24)25/h2-8,10-11H,1,9,12H2/b18-10-. The molecule has 0 bridgehead atoms. The van der Waals surface area contributed by atoms with E-state index in [1.165, 1.54) is 42.5 Å². The number of carbonyl (C=O) groups is 2. The van der Waals surface area contributed by atoms with Crippen molar-refractivity contribution in [1.29, 1.82) is 0 Å². The van der Waals surface area contributed by atoms with E-state index in [4.69, 9.17) is 14.2 Å². The van der Waals surface area contributed by atoms with E-state index in [0.717, 1.165) is 0 Å². The average Bonchev–Trinajstić information content (AvgIpc) is 3.00. The molecule has 0 saturated heterocycles. The van der Waals surface area contributed by atoms with Gasteiger partial charge in [0.25, 0.3) is 5.69 Å². The van der Waals surface area contributed by atoms with Crippen molar-refractivity contribution in [2.75, 3.05) is 13.2 Å². The number of nitrogens with zero attached hydrogens (tertiary/aromatic N) is 1. The van der Waals surface area contributed by atoms with Gasteiger partial charge >= 0.3 is 5.97 Å². The topological polar surface area (TPSA) is 105 Å². The Labute approximate surface area is 159 Å². The zero-order valence-corrected chi connectivity index (χ0v) is 14.6. The fourth-order valence-electron chi connectivity index (χ4n) is 2.44. The Bertz CT molecular complexity index is 977. The second kappa shape index (κ2) is 8.17. The van der Waals surface area contributed by atoms with Crippen LogP contribution in [0.2, 0.25) is 0 Å². The van der Waals surface area contributed by atoms with Crippen LogP contribution in [0.25, 0.3) is 6.08 Å². The van der Waals surface area contributed by atoms with Crippen LogP contribution < -0.4 is 9.47 Å². The quantitative estimate of drug-likeness (QED) is 0.238. The van der Waals surface area contributed by atoms with Gasteiger partial charge in [-0.05, 0) is 35.9 Å². The van der Waals surface area contributed by atoms with Gasteiger partial charge in [0.2, 0.25) is 5.78 Å². The van der Waals surface area contributed by atoms with Gasteiger partial charge in [0.1, 0.15) is 18.1 Å². The summed E-state index contributed by atoms with van der Waals surface area (Å²) >= 11 is 0. The number of ketones is 1. The van der Waals surface area contributed by atoms with Gasteiger partial charge in [-0.2, -0.15) is 0 Å². The van der Waals surface area contributed by atoms with Crippen LogP contribution in [0.5, 0.6) is 11.5 Å². The van der Waals surface area contributed by atoms with E-state index < -0.39 is 10.9 Å². The molecular weight excluding hydrogens is 366 g/mol. The molecule has 8 heteroatoms. The highest BCUT2D eigenvalue weighted by Crippen LogP contribution is 2.35. The molecule has 2 aromatic rings. The molecule has 0 atom stereocenters. The van der Waals surface area contributed by atoms with Gasteiger partial charge in [-0.25, -0.2) is 4.79 Å². The first-order valence-corrected chi connectivity index (χ1v) is 8.20. The van der Waals surface area contributed by atoms with Crippen LogP contribution >= 0.6 is 0 Å². The summed E-state index contributed by atoms with van der Waals surface area (Å²) in [6, 6.07) is 10.3. The highest BCUT2D eigenvalue weighted by atomic mass is 16.6. The first-order chi connectivity index (χ1) is 13.5. The summed E-state index contributed by atoms with van der Waals surface area (Å²) in [6.07, 6.45) is 2.95. The van der Waals surface area contributed by atoms with Crippen LogP contribution in [0, 0.1) is 10.1 Å². The van der Waals surface area contributed by atoms with Crippen molar-refractivity contribution in [3.8, 4) is 11.5 Å². The number of nitro groups is 1. The maximum atomic E-state index is 12.4. The van der Waals surface area contributed by atoms with Crippen molar-refractivity contribution in [3.63, 3.8) is 0 Å². The van der Waals surface area contributed by atoms with Gasteiger partial charge in [0.05, 0.1) is 10.5 Å². The van der Waals surface area contributed by atoms with Crippen molar-refractivity contribution in [2.45, 2.75) is 0 Å². The largest absolute Gasteiger partial charge is 0.482 e. The Morgan fingerprint density at radius 3 is 2.64 bits per heavy atom. The molecule has 0 unspecified atom stereocenters. The van der Waals surface area contributed by atoms with Crippen molar-refractivity contribution < 1.29 is 28.7 Å². The number of allylic oxidation sites excluding steroid dienone is 1. The fraction of sp³-hybridized carbons (Fsp3) is 0.100. The minimum Gasteiger partial charge on any atom is -0.482 e. The molecule has 1 heterocycles. The van der Waals surface area contributed by atoms with Crippen LogP contribution in [0.4, 0.5) is 5.69 Å². The minimum atomic E-state index is -0.545. The van der Waals surface area contributed by atoms with Gasteiger partial charge in [0.15, 0.2) is 12.4 Å². The van der Waals surface area contributed by atoms with Crippen molar-refractivity contribution >= 4 is 23.5 Å². The van der Waals surface area contributed by atoms with Crippen LogP contribution in [-0.4, -0.2) is 29.9 Å². The van der Waals surface area contributed by atoms with Gasteiger partial charge in [0, 0.05) is 18.2 Å². The molecule has 0 radical (unpaired) electrons. The lowest BCUT2D eigenvalue weighted by molar-refractivity contribution is -0.384. The summed E-state index contributed by atoms with van der Waals surface area (Å²) in [4.78, 5) is 34.1. The third-order valence-corrected chi connectivity index (χ3v) is 3.76. The van der Waals surface area contributed by atoms with Crippen molar-refractivity contribution in [1.82, 2.24) is 0 Å². The second-order valence-corrected chi connectivity index (χ2v) is 5.71. The van der Waals surface area contributed by atoms with Gasteiger partial charge < -0.3 is 14.2 Å². The van der Waals surface area contributed by atoms with Crippen molar-refractivity contribution in [2.24, 2.45) is 0 Å². The van der Waals surface area contributed by atoms with Crippen LogP contribution in [0.1, 0.15) is 15.9 Å². The van der Waals surface area contributed by atoms with Crippen LogP contribution in [0.3, 0.4) is 0 Å². The number of esters is 1. The molecule has 2 aromatic carbocycles. The Kier molecular flexibility index (Phi) is 5.50. The molecule has 0 spiro atoms. The molecule has 1 aliphatic heterocycles. The molecule has 0 amide bonds.